The fourth-order valence-corrected chi connectivity index (χ4v) is 2.36. The van der Waals surface area contributed by atoms with E-state index in [1.807, 2.05) is 12.4 Å². The zero-order valence-electron chi connectivity index (χ0n) is 11.7. The highest BCUT2D eigenvalue weighted by molar-refractivity contribution is 5.32. The number of nitrogens with zero attached hydrogens (tertiary/aromatic N) is 3. The van der Waals surface area contributed by atoms with Crippen molar-refractivity contribution in [3.63, 3.8) is 0 Å². The molecule has 0 aliphatic carbocycles. The van der Waals surface area contributed by atoms with E-state index >= 15 is 0 Å². The van der Waals surface area contributed by atoms with Crippen LogP contribution in [0.3, 0.4) is 0 Å². The first kappa shape index (κ1) is 13.3. The molecule has 18 heavy (non-hydrogen) atoms. The van der Waals surface area contributed by atoms with Crippen LogP contribution in [0.5, 0.6) is 0 Å². The van der Waals surface area contributed by atoms with Crippen molar-refractivity contribution in [1.82, 2.24) is 9.97 Å². The Bertz CT molecular complexity index is 380. The largest absolute Gasteiger partial charge is 0.341 e. The first-order valence-electron chi connectivity index (χ1n) is 6.78. The normalized spacial score (nSPS) is 20.4. The second-order valence-electron chi connectivity index (χ2n) is 6.20. The SMILES string of the molecule is CC(C)(C)c1cnc(N2CCC(CCN)C2)nc1. The third-order valence-electron chi connectivity index (χ3n) is 3.65. The predicted molar refractivity (Wildman–Crippen MR) is 74.7 cm³/mol. The van der Waals surface area contributed by atoms with Crippen molar-refractivity contribution in [3.8, 4) is 0 Å². The summed E-state index contributed by atoms with van der Waals surface area (Å²) in [6.45, 7) is 9.42. The minimum atomic E-state index is 0.117. The molecule has 2 rings (SSSR count). The van der Waals surface area contributed by atoms with E-state index in [4.69, 9.17) is 5.73 Å². The second kappa shape index (κ2) is 5.22. The Morgan fingerprint density at radius 1 is 1.33 bits per heavy atom. The average molecular weight is 248 g/mol. The zero-order valence-corrected chi connectivity index (χ0v) is 11.7. The first-order valence-corrected chi connectivity index (χ1v) is 6.78. The van der Waals surface area contributed by atoms with Gasteiger partial charge in [-0.3, -0.25) is 0 Å². The first-order chi connectivity index (χ1) is 8.50. The molecule has 100 valence electrons. The van der Waals surface area contributed by atoms with Crippen LogP contribution in [0.4, 0.5) is 5.95 Å². The molecule has 0 amide bonds. The molecule has 0 radical (unpaired) electrons. The highest BCUT2D eigenvalue weighted by Gasteiger charge is 2.24. The average Bonchev–Trinajstić information content (AvgIpc) is 2.77. The van der Waals surface area contributed by atoms with Crippen LogP contribution < -0.4 is 10.6 Å². The molecule has 2 N–H and O–H groups in total. The van der Waals surface area contributed by atoms with Crippen molar-refractivity contribution in [2.75, 3.05) is 24.5 Å². The van der Waals surface area contributed by atoms with Gasteiger partial charge in [-0.1, -0.05) is 20.8 Å². The van der Waals surface area contributed by atoms with E-state index in [9.17, 15) is 0 Å². The van der Waals surface area contributed by atoms with Crippen molar-refractivity contribution in [2.45, 2.75) is 39.0 Å². The number of anilines is 1. The lowest BCUT2D eigenvalue weighted by molar-refractivity contribution is 0.545. The molecule has 1 aromatic heterocycles. The molecule has 1 unspecified atom stereocenters. The van der Waals surface area contributed by atoms with Gasteiger partial charge in [-0.25, -0.2) is 9.97 Å². The maximum absolute atomic E-state index is 5.61. The molecule has 0 bridgehead atoms. The summed E-state index contributed by atoms with van der Waals surface area (Å²) in [5.41, 5.74) is 6.91. The molecule has 1 fully saturated rings. The third kappa shape index (κ3) is 2.99. The van der Waals surface area contributed by atoms with Crippen LogP contribution in [0.1, 0.15) is 39.2 Å². The second-order valence-corrected chi connectivity index (χ2v) is 6.20. The number of hydrogen-bond acceptors (Lipinski definition) is 4. The Hall–Kier alpha value is -1.16. The van der Waals surface area contributed by atoms with E-state index in [1.54, 1.807) is 0 Å². The fourth-order valence-electron chi connectivity index (χ4n) is 2.36. The molecule has 1 saturated heterocycles. The Labute approximate surface area is 110 Å². The van der Waals surface area contributed by atoms with Crippen LogP contribution in [0, 0.1) is 5.92 Å². The lowest BCUT2D eigenvalue weighted by Crippen LogP contribution is -2.23. The number of aromatic nitrogens is 2. The Kier molecular flexibility index (Phi) is 3.85. The summed E-state index contributed by atoms with van der Waals surface area (Å²) < 4.78 is 0. The van der Waals surface area contributed by atoms with E-state index in [0.29, 0.717) is 5.92 Å². The highest BCUT2D eigenvalue weighted by Crippen LogP contribution is 2.25. The van der Waals surface area contributed by atoms with E-state index in [2.05, 4.69) is 35.6 Å². The van der Waals surface area contributed by atoms with Crippen molar-refractivity contribution in [3.05, 3.63) is 18.0 Å². The van der Waals surface area contributed by atoms with Gasteiger partial charge in [0.2, 0.25) is 5.95 Å². The van der Waals surface area contributed by atoms with E-state index in [0.717, 1.165) is 32.0 Å². The molecule has 0 saturated carbocycles. The van der Waals surface area contributed by atoms with Gasteiger partial charge in [-0.05, 0) is 36.3 Å². The Morgan fingerprint density at radius 2 is 2.00 bits per heavy atom. The Balaban J connectivity index is 2.03. The maximum atomic E-state index is 5.61. The number of hydrogen-bond donors (Lipinski definition) is 1. The van der Waals surface area contributed by atoms with Crippen LogP contribution in [-0.4, -0.2) is 29.6 Å². The smallest absolute Gasteiger partial charge is 0.225 e. The summed E-state index contributed by atoms with van der Waals surface area (Å²) in [6, 6.07) is 0. The predicted octanol–water partition coefficient (Wildman–Crippen LogP) is 1.95. The van der Waals surface area contributed by atoms with Crippen molar-refractivity contribution in [2.24, 2.45) is 11.7 Å². The lowest BCUT2D eigenvalue weighted by Gasteiger charge is -2.20. The molecule has 4 nitrogen and oxygen atoms in total. The molecule has 4 heteroatoms. The van der Waals surface area contributed by atoms with Gasteiger partial charge in [0.15, 0.2) is 0 Å². The van der Waals surface area contributed by atoms with E-state index in [-0.39, 0.29) is 5.41 Å². The van der Waals surface area contributed by atoms with Crippen molar-refractivity contribution < 1.29 is 0 Å². The Morgan fingerprint density at radius 3 is 2.56 bits per heavy atom. The van der Waals surface area contributed by atoms with E-state index < -0.39 is 0 Å². The van der Waals surface area contributed by atoms with Crippen molar-refractivity contribution >= 4 is 5.95 Å². The van der Waals surface area contributed by atoms with Gasteiger partial charge in [0.05, 0.1) is 0 Å². The molecular formula is C14H24N4. The number of rotatable bonds is 3. The summed E-state index contributed by atoms with van der Waals surface area (Å²) in [5.74, 6) is 1.57. The molecule has 1 aliphatic heterocycles. The molecule has 1 atom stereocenters. The topological polar surface area (TPSA) is 55.0 Å². The quantitative estimate of drug-likeness (QED) is 0.888. The summed E-state index contributed by atoms with van der Waals surface area (Å²) in [6.07, 6.45) is 6.23. The molecule has 1 aliphatic rings. The van der Waals surface area contributed by atoms with Crippen LogP contribution in [0.25, 0.3) is 0 Å². The minimum absolute atomic E-state index is 0.117. The molecule has 0 spiro atoms. The van der Waals surface area contributed by atoms with Crippen molar-refractivity contribution in [1.29, 1.82) is 0 Å². The summed E-state index contributed by atoms with van der Waals surface area (Å²) >= 11 is 0. The monoisotopic (exact) mass is 248 g/mol. The minimum Gasteiger partial charge on any atom is -0.341 e. The molecular weight excluding hydrogens is 224 g/mol. The maximum Gasteiger partial charge on any atom is 0.225 e. The van der Waals surface area contributed by atoms with Gasteiger partial charge in [-0.15, -0.1) is 0 Å². The lowest BCUT2D eigenvalue weighted by atomic mass is 9.89. The summed E-state index contributed by atoms with van der Waals surface area (Å²) in [7, 11) is 0. The zero-order chi connectivity index (χ0) is 13.2. The van der Waals surface area contributed by atoms with Gasteiger partial charge < -0.3 is 10.6 Å². The van der Waals surface area contributed by atoms with E-state index in [1.165, 1.54) is 12.0 Å². The van der Waals surface area contributed by atoms with Gasteiger partial charge >= 0.3 is 0 Å². The molecule has 2 heterocycles. The van der Waals surface area contributed by atoms with Gasteiger partial charge in [0.1, 0.15) is 0 Å². The number of nitrogens with two attached hydrogens (primary N) is 1. The summed E-state index contributed by atoms with van der Waals surface area (Å²) in [5, 5.41) is 0. The van der Waals surface area contributed by atoms with Crippen LogP contribution >= 0.6 is 0 Å². The molecule has 1 aromatic rings. The summed E-state index contributed by atoms with van der Waals surface area (Å²) in [4.78, 5) is 11.3. The van der Waals surface area contributed by atoms with Gasteiger partial charge in [0.25, 0.3) is 0 Å². The van der Waals surface area contributed by atoms with Crippen LogP contribution in [0.15, 0.2) is 12.4 Å². The highest BCUT2D eigenvalue weighted by atomic mass is 15.3. The standard InChI is InChI=1S/C14H24N4/c1-14(2,3)12-8-16-13(17-9-12)18-7-5-11(10-18)4-6-15/h8-9,11H,4-7,10,15H2,1-3H3. The van der Waals surface area contributed by atoms with Gasteiger partial charge in [-0.2, -0.15) is 0 Å². The third-order valence-corrected chi connectivity index (χ3v) is 3.65. The fraction of sp³-hybridized carbons (Fsp3) is 0.714. The molecule has 0 aromatic carbocycles. The van der Waals surface area contributed by atoms with Crippen LogP contribution in [0.2, 0.25) is 0 Å². The van der Waals surface area contributed by atoms with Crippen LogP contribution in [-0.2, 0) is 5.41 Å². The van der Waals surface area contributed by atoms with Gasteiger partial charge in [0, 0.05) is 25.5 Å².